The molecule has 0 saturated heterocycles. The molecular formula is C10H17N3O2. The number of carbonyl (C=O) groups excluding carboxylic acids is 1. The van der Waals surface area contributed by atoms with E-state index in [0.717, 1.165) is 5.56 Å². The predicted octanol–water partition coefficient (Wildman–Crippen LogP) is 1.30. The highest BCUT2D eigenvalue weighted by Crippen LogP contribution is 2.25. The fourth-order valence-electron chi connectivity index (χ4n) is 1.47. The monoisotopic (exact) mass is 211 g/mol. The SMILES string of the molecule is CCOC(=O)c1nn(C)c(N)c1C(C)C. The van der Waals surface area contributed by atoms with Crippen LogP contribution in [-0.4, -0.2) is 22.4 Å². The molecule has 0 aromatic carbocycles. The van der Waals surface area contributed by atoms with E-state index in [1.165, 1.54) is 4.68 Å². The van der Waals surface area contributed by atoms with Gasteiger partial charge in [0.1, 0.15) is 5.82 Å². The summed E-state index contributed by atoms with van der Waals surface area (Å²) in [5.41, 5.74) is 6.92. The zero-order valence-electron chi connectivity index (χ0n) is 9.57. The van der Waals surface area contributed by atoms with E-state index in [0.29, 0.717) is 18.1 Å². The van der Waals surface area contributed by atoms with E-state index in [1.807, 2.05) is 13.8 Å². The first-order valence-corrected chi connectivity index (χ1v) is 4.98. The number of hydrogen-bond donors (Lipinski definition) is 1. The third-order valence-corrected chi connectivity index (χ3v) is 2.18. The van der Waals surface area contributed by atoms with E-state index in [9.17, 15) is 4.79 Å². The highest BCUT2D eigenvalue weighted by molar-refractivity contribution is 5.90. The molecule has 0 aliphatic carbocycles. The van der Waals surface area contributed by atoms with Crippen LogP contribution in [0, 0.1) is 0 Å². The molecule has 0 atom stereocenters. The molecule has 15 heavy (non-hydrogen) atoms. The van der Waals surface area contributed by atoms with Crippen molar-refractivity contribution in [3.05, 3.63) is 11.3 Å². The minimum atomic E-state index is -0.409. The molecule has 1 heterocycles. The first-order chi connectivity index (χ1) is 6.99. The van der Waals surface area contributed by atoms with Crippen LogP contribution in [0.25, 0.3) is 0 Å². The van der Waals surface area contributed by atoms with Crippen molar-refractivity contribution in [3.8, 4) is 0 Å². The standard InChI is InChI=1S/C10H17N3O2/c1-5-15-10(14)8-7(6(2)3)9(11)13(4)12-8/h6H,5,11H2,1-4H3. The van der Waals surface area contributed by atoms with Gasteiger partial charge >= 0.3 is 5.97 Å². The molecule has 1 aromatic rings. The maximum Gasteiger partial charge on any atom is 0.359 e. The highest BCUT2D eigenvalue weighted by atomic mass is 16.5. The summed E-state index contributed by atoms with van der Waals surface area (Å²) >= 11 is 0. The second-order valence-electron chi connectivity index (χ2n) is 3.65. The molecule has 0 aliphatic heterocycles. The third kappa shape index (κ3) is 2.11. The number of aromatic nitrogens is 2. The van der Waals surface area contributed by atoms with Gasteiger partial charge in [0.2, 0.25) is 0 Å². The Morgan fingerprint density at radius 3 is 2.67 bits per heavy atom. The molecule has 0 saturated carbocycles. The lowest BCUT2D eigenvalue weighted by atomic mass is 10.0. The quantitative estimate of drug-likeness (QED) is 0.765. The van der Waals surface area contributed by atoms with Crippen LogP contribution in [0.1, 0.15) is 42.7 Å². The van der Waals surface area contributed by atoms with Crippen molar-refractivity contribution in [2.45, 2.75) is 26.7 Å². The number of esters is 1. The van der Waals surface area contributed by atoms with Gasteiger partial charge in [-0.25, -0.2) is 4.79 Å². The summed E-state index contributed by atoms with van der Waals surface area (Å²) in [7, 11) is 1.71. The molecule has 1 rings (SSSR count). The fraction of sp³-hybridized carbons (Fsp3) is 0.600. The largest absolute Gasteiger partial charge is 0.461 e. The van der Waals surface area contributed by atoms with Crippen LogP contribution in [0.15, 0.2) is 0 Å². The number of ether oxygens (including phenoxy) is 1. The maximum atomic E-state index is 11.6. The van der Waals surface area contributed by atoms with Gasteiger partial charge in [-0.15, -0.1) is 0 Å². The third-order valence-electron chi connectivity index (χ3n) is 2.18. The molecule has 5 nitrogen and oxygen atoms in total. The van der Waals surface area contributed by atoms with Crippen LogP contribution in [0.5, 0.6) is 0 Å². The van der Waals surface area contributed by atoms with Gasteiger partial charge in [-0.3, -0.25) is 4.68 Å². The Balaban J connectivity index is 3.17. The molecule has 0 radical (unpaired) electrons. The second kappa shape index (κ2) is 4.33. The van der Waals surface area contributed by atoms with Gasteiger partial charge in [-0.1, -0.05) is 13.8 Å². The van der Waals surface area contributed by atoms with Crippen LogP contribution < -0.4 is 5.73 Å². The van der Waals surface area contributed by atoms with Crippen LogP contribution in [-0.2, 0) is 11.8 Å². The van der Waals surface area contributed by atoms with E-state index in [1.54, 1.807) is 14.0 Å². The molecular weight excluding hydrogens is 194 g/mol. The Morgan fingerprint density at radius 2 is 2.20 bits per heavy atom. The average Bonchev–Trinajstić information content (AvgIpc) is 2.44. The molecule has 0 unspecified atom stereocenters. The Hall–Kier alpha value is -1.52. The lowest BCUT2D eigenvalue weighted by Crippen LogP contribution is -2.09. The minimum absolute atomic E-state index is 0.151. The average molecular weight is 211 g/mol. The van der Waals surface area contributed by atoms with Crippen LogP contribution in [0.4, 0.5) is 5.82 Å². The summed E-state index contributed by atoms with van der Waals surface area (Å²) < 4.78 is 6.42. The Bertz CT molecular complexity index is 369. The van der Waals surface area contributed by atoms with Crippen molar-refractivity contribution in [2.24, 2.45) is 7.05 Å². The maximum absolute atomic E-state index is 11.6. The Kier molecular flexibility index (Phi) is 3.34. The number of nitrogens with two attached hydrogens (primary N) is 1. The molecule has 0 aliphatic rings. The van der Waals surface area contributed by atoms with E-state index < -0.39 is 5.97 Å². The van der Waals surface area contributed by atoms with Crippen molar-refractivity contribution >= 4 is 11.8 Å². The van der Waals surface area contributed by atoms with Crippen molar-refractivity contribution in [3.63, 3.8) is 0 Å². The second-order valence-corrected chi connectivity index (χ2v) is 3.65. The topological polar surface area (TPSA) is 70.1 Å². The van der Waals surface area contributed by atoms with Gasteiger partial charge in [0.05, 0.1) is 6.61 Å². The smallest absolute Gasteiger partial charge is 0.359 e. The van der Waals surface area contributed by atoms with E-state index in [2.05, 4.69) is 5.10 Å². The molecule has 2 N–H and O–H groups in total. The van der Waals surface area contributed by atoms with Gasteiger partial charge in [-0.05, 0) is 12.8 Å². The number of hydrogen-bond acceptors (Lipinski definition) is 4. The Morgan fingerprint density at radius 1 is 1.60 bits per heavy atom. The minimum Gasteiger partial charge on any atom is -0.461 e. The molecule has 0 bridgehead atoms. The lowest BCUT2D eigenvalue weighted by Gasteiger charge is -2.06. The zero-order chi connectivity index (χ0) is 11.6. The van der Waals surface area contributed by atoms with Crippen molar-refractivity contribution in [1.29, 1.82) is 0 Å². The normalized spacial score (nSPS) is 10.7. The predicted molar refractivity (Wildman–Crippen MR) is 57.7 cm³/mol. The molecule has 0 fully saturated rings. The molecule has 0 amide bonds. The van der Waals surface area contributed by atoms with Crippen LogP contribution in [0.3, 0.4) is 0 Å². The number of anilines is 1. The molecule has 0 spiro atoms. The molecule has 1 aromatic heterocycles. The number of aryl methyl sites for hydroxylation is 1. The van der Waals surface area contributed by atoms with E-state index in [4.69, 9.17) is 10.5 Å². The van der Waals surface area contributed by atoms with Gasteiger partial charge in [-0.2, -0.15) is 5.10 Å². The van der Waals surface area contributed by atoms with Gasteiger partial charge < -0.3 is 10.5 Å². The zero-order valence-corrected chi connectivity index (χ0v) is 9.57. The summed E-state index contributed by atoms with van der Waals surface area (Å²) in [4.78, 5) is 11.6. The van der Waals surface area contributed by atoms with E-state index in [-0.39, 0.29) is 5.92 Å². The summed E-state index contributed by atoms with van der Waals surface area (Å²) in [6.45, 7) is 6.04. The highest BCUT2D eigenvalue weighted by Gasteiger charge is 2.23. The number of nitrogens with zero attached hydrogens (tertiary/aromatic N) is 2. The molecule has 84 valence electrons. The molecule has 5 heteroatoms. The van der Waals surface area contributed by atoms with E-state index >= 15 is 0 Å². The van der Waals surface area contributed by atoms with Gasteiger partial charge in [0, 0.05) is 12.6 Å². The summed E-state index contributed by atoms with van der Waals surface area (Å²) in [6.07, 6.45) is 0. The van der Waals surface area contributed by atoms with Crippen molar-refractivity contribution in [2.75, 3.05) is 12.3 Å². The van der Waals surface area contributed by atoms with Gasteiger partial charge in [0.15, 0.2) is 5.69 Å². The lowest BCUT2D eigenvalue weighted by molar-refractivity contribution is 0.0517. The number of rotatable bonds is 3. The number of carbonyl (C=O) groups is 1. The first kappa shape index (κ1) is 11.6. The van der Waals surface area contributed by atoms with Crippen LogP contribution >= 0.6 is 0 Å². The van der Waals surface area contributed by atoms with Crippen LogP contribution in [0.2, 0.25) is 0 Å². The van der Waals surface area contributed by atoms with Crippen molar-refractivity contribution in [1.82, 2.24) is 9.78 Å². The summed E-state index contributed by atoms with van der Waals surface area (Å²) in [5, 5.41) is 4.07. The van der Waals surface area contributed by atoms with Crippen molar-refractivity contribution < 1.29 is 9.53 Å². The first-order valence-electron chi connectivity index (χ1n) is 4.98. The summed E-state index contributed by atoms with van der Waals surface area (Å²) in [5.74, 6) is 0.264. The number of nitrogen functional groups attached to an aromatic ring is 1. The summed E-state index contributed by atoms with van der Waals surface area (Å²) in [6, 6.07) is 0. The van der Waals surface area contributed by atoms with Gasteiger partial charge in [0.25, 0.3) is 0 Å². The Labute approximate surface area is 89.2 Å². The fourth-order valence-corrected chi connectivity index (χ4v) is 1.47.